The summed E-state index contributed by atoms with van der Waals surface area (Å²) >= 11 is 0. The zero-order valence-electron chi connectivity index (χ0n) is 13.6. The molecule has 0 spiro atoms. The summed E-state index contributed by atoms with van der Waals surface area (Å²) in [5.74, 6) is -1.67. The molecule has 0 bridgehead atoms. The van der Waals surface area contributed by atoms with E-state index in [9.17, 15) is 19.2 Å². The van der Waals surface area contributed by atoms with Crippen LogP contribution < -0.4 is 0 Å². The molecule has 1 aromatic rings. The lowest BCUT2D eigenvalue weighted by Crippen LogP contribution is -2.44. The fourth-order valence-corrected chi connectivity index (χ4v) is 2.94. The van der Waals surface area contributed by atoms with E-state index >= 15 is 0 Å². The van der Waals surface area contributed by atoms with Gasteiger partial charge in [-0.3, -0.25) is 29.0 Å². The van der Waals surface area contributed by atoms with E-state index in [0.717, 1.165) is 9.80 Å². The number of likely N-dealkylation sites (tertiary alicyclic amines) is 1. The first-order valence-corrected chi connectivity index (χ1v) is 7.83. The summed E-state index contributed by atoms with van der Waals surface area (Å²) in [5.41, 5.74) is 0.619. The molecule has 1 saturated heterocycles. The summed E-state index contributed by atoms with van der Waals surface area (Å²) in [6, 6.07) is 6.48. The van der Waals surface area contributed by atoms with Gasteiger partial charge in [-0.2, -0.15) is 0 Å². The maximum atomic E-state index is 12.6. The van der Waals surface area contributed by atoms with Crippen molar-refractivity contribution in [3.63, 3.8) is 0 Å². The van der Waals surface area contributed by atoms with Crippen LogP contribution in [0.3, 0.4) is 0 Å². The Morgan fingerprint density at radius 2 is 1.76 bits per heavy atom. The molecular weight excluding hydrogens is 322 g/mol. The molecule has 128 valence electrons. The second-order valence-corrected chi connectivity index (χ2v) is 5.78. The molecule has 1 fully saturated rings. The molecule has 2 heterocycles. The second-order valence-electron chi connectivity index (χ2n) is 5.78. The van der Waals surface area contributed by atoms with E-state index in [2.05, 4.69) is 13.2 Å². The summed E-state index contributed by atoms with van der Waals surface area (Å²) < 4.78 is 0. The van der Waals surface area contributed by atoms with Gasteiger partial charge in [0.05, 0.1) is 11.1 Å². The number of hydrogen-bond acceptors (Lipinski definition) is 4. The lowest BCUT2D eigenvalue weighted by Gasteiger charge is -2.26. The number of benzene rings is 1. The second kappa shape index (κ2) is 6.35. The predicted molar refractivity (Wildman–Crippen MR) is 88.9 cm³/mol. The molecule has 0 saturated carbocycles. The minimum atomic E-state index is -0.568. The molecule has 3 rings (SSSR count). The van der Waals surface area contributed by atoms with Gasteiger partial charge in [0.25, 0.3) is 17.7 Å². The Morgan fingerprint density at radius 1 is 1.16 bits per heavy atom. The van der Waals surface area contributed by atoms with E-state index in [4.69, 9.17) is 0 Å². The first-order chi connectivity index (χ1) is 12.0. The maximum absolute atomic E-state index is 12.6. The molecule has 7 nitrogen and oxygen atoms in total. The molecule has 0 atom stereocenters. The topological polar surface area (TPSA) is 78.0 Å². The van der Waals surface area contributed by atoms with Gasteiger partial charge in [0.1, 0.15) is 12.4 Å². The summed E-state index contributed by atoms with van der Waals surface area (Å²) in [6.45, 7) is 7.40. The first-order valence-electron chi connectivity index (χ1n) is 7.83. The van der Waals surface area contributed by atoms with Crippen LogP contribution in [0.5, 0.6) is 0 Å². The third-order valence-corrected chi connectivity index (χ3v) is 4.30. The van der Waals surface area contributed by atoms with Gasteiger partial charge in [0.15, 0.2) is 0 Å². The number of rotatable bonds is 5. The molecule has 2 aliphatic rings. The molecule has 25 heavy (non-hydrogen) atoms. The summed E-state index contributed by atoms with van der Waals surface area (Å²) in [4.78, 5) is 52.6. The Kier molecular flexibility index (Phi) is 4.22. The molecule has 7 heteroatoms. The minimum absolute atomic E-state index is 0.0130. The number of nitrogens with zero attached hydrogens (tertiary/aromatic N) is 3. The van der Waals surface area contributed by atoms with E-state index in [0.29, 0.717) is 30.5 Å². The summed E-state index contributed by atoms with van der Waals surface area (Å²) in [6.07, 6.45) is 2.26. The van der Waals surface area contributed by atoms with Gasteiger partial charge in [-0.15, -0.1) is 0 Å². The number of amides is 4. The fraction of sp³-hybridized carbons (Fsp3) is 0.222. The van der Waals surface area contributed by atoms with Gasteiger partial charge >= 0.3 is 0 Å². The Morgan fingerprint density at radius 3 is 2.24 bits per heavy atom. The third-order valence-electron chi connectivity index (χ3n) is 4.30. The number of carbonyl (C=O) groups is 4. The average molecular weight is 339 g/mol. The van der Waals surface area contributed by atoms with Crippen molar-refractivity contribution in [2.45, 2.75) is 12.8 Å². The van der Waals surface area contributed by atoms with Crippen molar-refractivity contribution in [2.24, 2.45) is 0 Å². The summed E-state index contributed by atoms with van der Waals surface area (Å²) in [7, 11) is 0. The highest BCUT2D eigenvalue weighted by molar-refractivity contribution is 6.21. The zero-order valence-corrected chi connectivity index (χ0v) is 13.6. The van der Waals surface area contributed by atoms with Crippen LogP contribution in [0.15, 0.2) is 49.3 Å². The van der Waals surface area contributed by atoms with E-state index in [1.165, 1.54) is 11.1 Å². The minimum Gasteiger partial charge on any atom is -0.308 e. The Balaban J connectivity index is 1.77. The van der Waals surface area contributed by atoms with Crippen LogP contribution >= 0.6 is 0 Å². The van der Waals surface area contributed by atoms with E-state index in [1.807, 2.05) is 0 Å². The lowest BCUT2D eigenvalue weighted by atomic mass is 10.1. The highest BCUT2D eigenvalue weighted by Crippen LogP contribution is 2.23. The van der Waals surface area contributed by atoms with Crippen molar-refractivity contribution in [2.75, 3.05) is 13.2 Å². The molecule has 0 aromatic heterocycles. The van der Waals surface area contributed by atoms with Gasteiger partial charge in [0, 0.05) is 19.2 Å². The van der Waals surface area contributed by atoms with Crippen molar-refractivity contribution >= 4 is 23.6 Å². The molecule has 0 aliphatic carbocycles. The Labute approximate surface area is 144 Å². The van der Waals surface area contributed by atoms with Gasteiger partial charge in [0.2, 0.25) is 5.91 Å². The van der Waals surface area contributed by atoms with Gasteiger partial charge < -0.3 is 4.90 Å². The van der Waals surface area contributed by atoms with Gasteiger partial charge in [-0.05, 0) is 18.6 Å². The molecule has 2 aliphatic heterocycles. The molecule has 1 aromatic carbocycles. The zero-order chi connectivity index (χ0) is 18.1. The van der Waals surface area contributed by atoms with Crippen molar-refractivity contribution in [1.82, 2.24) is 14.7 Å². The van der Waals surface area contributed by atoms with Crippen molar-refractivity contribution < 1.29 is 19.2 Å². The van der Waals surface area contributed by atoms with Crippen LogP contribution in [-0.4, -0.2) is 51.5 Å². The van der Waals surface area contributed by atoms with Crippen LogP contribution in [0.2, 0.25) is 0 Å². The quantitative estimate of drug-likeness (QED) is 0.599. The van der Waals surface area contributed by atoms with Crippen LogP contribution in [0.25, 0.3) is 0 Å². The van der Waals surface area contributed by atoms with Crippen molar-refractivity contribution in [3.8, 4) is 0 Å². The van der Waals surface area contributed by atoms with Crippen molar-refractivity contribution in [1.29, 1.82) is 0 Å². The first kappa shape index (κ1) is 16.6. The Bertz CT molecular complexity index is 779. The largest absolute Gasteiger partial charge is 0.308 e. The predicted octanol–water partition coefficient (Wildman–Crippen LogP) is 1.35. The number of carbonyl (C=O) groups excluding carboxylic acids is 4. The maximum Gasteiger partial charge on any atom is 0.275 e. The third kappa shape index (κ3) is 2.73. The SMILES string of the molecule is C=CN(CN1C(=O)c2ccccc2C1=O)C(=O)C(=C)N1CCCC1=O. The van der Waals surface area contributed by atoms with E-state index in [-0.39, 0.29) is 18.3 Å². The average Bonchev–Trinajstić information content (AvgIpc) is 3.15. The molecule has 0 N–H and O–H groups in total. The number of hydrogen-bond donors (Lipinski definition) is 0. The molecule has 0 radical (unpaired) electrons. The molecular formula is C18H17N3O4. The summed E-state index contributed by atoms with van der Waals surface area (Å²) in [5, 5.41) is 0. The monoisotopic (exact) mass is 339 g/mol. The van der Waals surface area contributed by atoms with Gasteiger partial charge in [-0.25, -0.2) is 0 Å². The highest BCUT2D eigenvalue weighted by Gasteiger charge is 2.37. The van der Waals surface area contributed by atoms with Crippen LogP contribution in [0.1, 0.15) is 33.6 Å². The standard InChI is InChI=1S/C18H17N3O4/c1-3-19(16(23)12(2)20-10-6-9-15(20)22)11-21-17(24)13-7-4-5-8-14(13)18(21)25/h3-5,7-8H,1-2,6,9-11H2. The van der Waals surface area contributed by atoms with Crippen LogP contribution in [0, 0.1) is 0 Å². The normalized spacial score (nSPS) is 16.2. The van der Waals surface area contributed by atoms with E-state index < -0.39 is 17.7 Å². The smallest absolute Gasteiger partial charge is 0.275 e. The number of imide groups is 1. The van der Waals surface area contributed by atoms with Crippen LogP contribution in [0.4, 0.5) is 0 Å². The Hall–Kier alpha value is -3.22. The van der Waals surface area contributed by atoms with Crippen LogP contribution in [-0.2, 0) is 9.59 Å². The number of fused-ring (bicyclic) bond motifs is 1. The van der Waals surface area contributed by atoms with Gasteiger partial charge in [-0.1, -0.05) is 25.3 Å². The lowest BCUT2D eigenvalue weighted by molar-refractivity contribution is -0.133. The fourth-order valence-electron chi connectivity index (χ4n) is 2.94. The highest BCUT2D eigenvalue weighted by atomic mass is 16.2. The van der Waals surface area contributed by atoms with Crippen molar-refractivity contribution in [3.05, 3.63) is 60.4 Å². The molecule has 0 unspecified atom stereocenters. The van der Waals surface area contributed by atoms with E-state index in [1.54, 1.807) is 24.3 Å². The molecule has 4 amide bonds.